The monoisotopic (exact) mass is 268 g/mol. The predicted molar refractivity (Wildman–Crippen MR) is 71.7 cm³/mol. The van der Waals surface area contributed by atoms with E-state index in [9.17, 15) is 0 Å². The van der Waals surface area contributed by atoms with Crippen molar-refractivity contribution >= 4 is 35.6 Å². The highest BCUT2D eigenvalue weighted by atomic mass is 35.5. The molecule has 1 aromatic rings. The van der Waals surface area contributed by atoms with Crippen molar-refractivity contribution in [3.8, 4) is 0 Å². The second-order valence-electron chi connectivity index (χ2n) is 3.40. The molecule has 0 radical (unpaired) electrons. The van der Waals surface area contributed by atoms with Crippen LogP contribution in [0.25, 0.3) is 0 Å². The standard InChI is InChI=1S/C11H10Cl2N4/c12-9-3-1-4-10(13)8(9)7-17-11(14)15-5-2-6-16-11/h1-7,15H,14H2/b17-7+. The second kappa shape index (κ2) is 4.87. The zero-order valence-electron chi connectivity index (χ0n) is 8.77. The van der Waals surface area contributed by atoms with Gasteiger partial charge in [0.15, 0.2) is 0 Å². The molecule has 6 heteroatoms. The van der Waals surface area contributed by atoms with E-state index < -0.39 is 5.91 Å². The molecule has 0 aromatic heterocycles. The van der Waals surface area contributed by atoms with Crippen molar-refractivity contribution in [3.63, 3.8) is 0 Å². The summed E-state index contributed by atoms with van der Waals surface area (Å²) < 4.78 is 0. The fourth-order valence-electron chi connectivity index (χ4n) is 1.28. The minimum atomic E-state index is -1.20. The van der Waals surface area contributed by atoms with Crippen molar-refractivity contribution in [1.82, 2.24) is 5.32 Å². The van der Waals surface area contributed by atoms with Gasteiger partial charge in [-0.05, 0) is 18.2 Å². The Balaban J connectivity index is 2.26. The van der Waals surface area contributed by atoms with Gasteiger partial charge >= 0.3 is 0 Å². The summed E-state index contributed by atoms with van der Waals surface area (Å²) in [6.07, 6.45) is 6.47. The molecule has 2 rings (SSSR count). The van der Waals surface area contributed by atoms with Gasteiger partial charge < -0.3 is 5.32 Å². The average molecular weight is 269 g/mol. The molecule has 0 fully saturated rings. The van der Waals surface area contributed by atoms with Crippen molar-refractivity contribution in [2.45, 2.75) is 5.91 Å². The summed E-state index contributed by atoms with van der Waals surface area (Å²) in [6.45, 7) is 0. The molecule has 17 heavy (non-hydrogen) atoms. The average Bonchev–Trinajstić information content (AvgIpc) is 2.29. The number of halogens is 2. The minimum Gasteiger partial charge on any atom is -0.336 e. The van der Waals surface area contributed by atoms with Gasteiger partial charge in [0.1, 0.15) is 0 Å². The molecule has 1 aliphatic heterocycles. The molecule has 1 atom stereocenters. The number of benzene rings is 1. The van der Waals surface area contributed by atoms with Crippen molar-refractivity contribution in [1.29, 1.82) is 0 Å². The molecule has 4 nitrogen and oxygen atoms in total. The SMILES string of the molecule is NC1(/N=C/c2c(Cl)cccc2Cl)N=CC=CN1. The molecule has 0 spiro atoms. The quantitative estimate of drug-likeness (QED) is 0.808. The molecule has 0 amide bonds. The maximum Gasteiger partial charge on any atom is 0.283 e. The molecule has 1 aromatic carbocycles. The van der Waals surface area contributed by atoms with Crippen LogP contribution in [-0.2, 0) is 0 Å². The molecule has 0 bridgehead atoms. The molecule has 1 unspecified atom stereocenters. The van der Waals surface area contributed by atoms with E-state index in [-0.39, 0.29) is 0 Å². The van der Waals surface area contributed by atoms with Gasteiger partial charge in [-0.1, -0.05) is 29.3 Å². The topological polar surface area (TPSA) is 62.8 Å². The fraction of sp³-hybridized carbons (Fsp3) is 0.0909. The van der Waals surface area contributed by atoms with Crippen LogP contribution in [0.3, 0.4) is 0 Å². The molecule has 88 valence electrons. The number of hydrogen-bond acceptors (Lipinski definition) is 4. The number of rotatable bonds is 2. The first kappa shape index (κ1) is 12.1. The van der Waals surface area contributed by atoms with Gasteiger partial charge in [-0.15, -0.1) is 0 Å². The van der Waals surface area contributed by atoms with E-state index in [0.717, 1.165) is 0 Å². The zero-order valence-corrected chi connectivity index (χ0v) is 10.3. The summed E-state index contributed by atoms with van der Waals surface area (Å²) in [5, 5.41) is 3.85. The Morgan fingerprint density at radius 2 is 2.06 bits per heavy atom. The van der Waals surface area contributed by atoms with E-state index in [1.54, 1.807) is 36.7 Å². The fourth-order valence-corrected chi connectivity index (χ4v) is 1.77. The highest BCUT2D eigenvalue weighted by molar-refractivity contribution is 6.38. The molecule has 0 saturated carbocycles. The minimum absolute atomic E-state index is 0.514. The van der Waals surface area contributed by atoms with Crippen LogP contribution in [0, 0.1) is 0 Å². The van der Waals surface area contributed by atoms with Crippen LogP contribution in [0.5, 0.6) is 0 Å². The molecular formula is C11H10Cl2N4. The number of nitrogens with two attached hydrogens (primary N) is 1. The number of aliphatic imine (C=N–C) groups is 2. The van der Waals surface area contributed by atoms with Crippen molar-refractivity contribution in [2.75, 3.05) is 0 Å². The lowest BCUT2D eigenvalue weighted by Crippen LogP contribution is -2.48. The zero-order chi connectivity index (χ0) is 12.3. The van der Waals surface area contributed by atoms with E-state index in [4.69, 9.17) is 28.9 Å². The van der Waals surface area contributed by atoms with Gasteiger partial charge in [0.25, 0.3) is 5.91 Å². The number of nitrogens with zero attached hydrogens (tertiary/aromatic N) is 2. The molecule has 0 saturated heterocycles. The van der Waals surface area contributed by atoms with Crippen LogP contribution in [0.1, 0.15) is 5.56 Å². The summed E-state index contributed by atoms with van der Waals surface area (Å²) in [5.74, 6) is -1.20. The maximum absolute atomic E-state index is 6.00. The third kappa shape index (κ3) is 2.85. The van der Waals surface area contributed by atoms with Crippen LogP contribution in [0.15, 0.2) is 40.5 Å². The Bertz CT molecular complexity index is 490. The number of nitrogens with one attached hydrogen (secondary N) is 1. The summed E-state index contributed by atoms with van der Waals surface area (Å²) in [6, 6.07) is 5.23. The Kier molecular flexibility index (Phi) is 3.47. The molecule has 1 aliphatic rings. The summed E-state index contributed by atoms with van der Waals surface area (Å²) in [5.41, 5.74) is 6.48. The molecule has 0 aliphatic carbocycles. The number of allylic oxidation sites excluding steroid dienone is 1. The van der Waals surface area contributed by atoms with Gasteiger partial charge in [-0.25, -0.2) is 9.98 Å². The second-order valence-corrected chi connectivity index (χ2v) is 4.22. The normalized spacial score (nSPS) is 23.0. The molecule has 3 N–H and O–H groups in total. The Morgan fingerprint density at radius 1 is 1.35 bits per heavy atom. The van der Waals surface area contributed by atoms with E-state index in [2.05, 4.69) is 15.3 Å². The van der Waals surface area contributed by atoms with Crippen molar-refractivity contribution < 1.29 is 0 Å². The van der Waals surface area contributed by atoms with Crippen LogP contribution in [-0.4, -0.2) is 18.3 Å². The third-order valence-corrected chi connectivity index (χ3v) is 2.80. The van der Waals surface area contributed by atoms with Crippen molar-refractivity contribution in [3.05, 3.63) is 46.1 Å². The summed E-state index contributed by atoms with van der Waals surface area (Å²) >= 11 is 12.0. The number of hydrogen-bond donors (Lipinski definition) is 2. The van der Waals surface area contributed by atoms with Crippen LogP contribution in [0.2, 0.25) is 10.0 Å². The Labute approximate surface area is 109 Å². The van der Waals surface area contributed by atoms with Crippen LogP contribution < -0.4 is 11.1 Å². The van der Waals surface area contributed by atoms with Gasteiger partial charge in [0.05, 0.1) is 10.0 Å². The summed E-state index contributed by atoms with van der Waals surface area (Å²) in [4.78, 5) is 8.14. The van der Waals surface area contributed by atoms with E-state index >= 15 is 0 Å². The smallest absolute Gasteiger partial charge is 0.283 e. The lowest BCUT2D eigenvalue weighted by atomic mass is 10.2. The van der Waals surface area contributed by atoms with E-state index in [1.807, 2.05) is 0 Å². The lowest BCUT2D eigenvalue weighted by Gasteiger charge is -2.22. The van der Waals surface area contributed by atoms with E-state index in [1.165, 1.54) is 6.21 Å². The predicted octanol–water partition coefficient (Wildman–Crippen LogP) is 2.17. The largest absolute Gasteiger partial charge is 0.336 e. The van der Waals surface area contributed by atoms with Crippen LogP contribution >= 0.6 is 23.2 Å². The first-order chi connectivity index (χ1) is 8.11. The first-order valence-electron chi connectivity index (χ1n) is 4.87. The van der Waals surface area contributed by atoms with Crippen molar-refractivity contribution in [2.24, 2.45) is 15.7 Å². The summed E-state index contributed by atoms with van der Waals surface area (Å²) in [7, 11) is 0. The lowest BCUT2D eigenvalue weighted by molar-refractivity contribution is 0.418. The first-order valence-corrected chi connectivity index (χ1v) is 5.62. The Morgan fingerprint density at radius 3 is 2.65 bits per heavy atom. The van der Waals surface area contributed by atoms with Gasteiger partial charge in [-0.2, -0.15) is 0 Å². The molecular weight excluding hydrogens is 259 g/mol. The van der Waals surface area contributed by atoms with Gasteiger partial charge in [-0.3, -0.25) is 5.73 Å². The van der Waals surface area contributed by atoms with Gasteiger partial charge in [0.2, 0.25) is 0 Å². The highest BCUT2D eigenvalue weighted by Crippen LogP contribution is 2.22. The van der Waals surface area contributed by atoms with Crippen LogP contribution in [0.4, 0.5) is 0 Å². The maximum atomic E-state index is 6.00. The Hall–Kier alpha value is -1.36. The third-order valence-electron chi connectivity index (χ3n) is 2.14. The van der Waals surface area contributed by atoms with E-state index in [0.29, 0.717) is 15.6 Å². The highest BCUT2D eigenvalue weighted by Gasteiger charge is 2.20. The van der Waals surface area contributed by atoms with Gasteiger partial charge in [0, 0.05) is 24.2 Å². The molecule has 1 heterocycles.